The first kappa shape index (κ1) is 18.7. The maximum absolute atomic E-state index is 13.0. The second-order valence-electron chi connectivity index (χ2n) is 5.80. The largest absolute Gasteiger partial charge is 0.341 e. The van der Waals surface area contributed by atoms with Crippen LogP contribution in [0.15, 0.2) is 58.5 Å². The molecular formula is C19H18N4O3S. The number of imide groups is 1. The number of hydrogen-bond acceptors (Lipinski definition) is 5. The molecule has 0 aliphatic carbocycles. The number of nitrogens with zero attached hydrogens (tertiary/aromatic N) is 2. The van der Waals surface area contributed by atoms with Crippen molar-refractivity contribution in [3.63, 3.8) is 0 Å². The van der Waals surface area contributed by atoms with Gasteiger partial charge in [0, 0.05) is 7.05 Å². The van der Waals surface area contributed by atoms with Crippen LogP contribution in [0.2, 0.25) is 0 Å². The molecule has 0 radical (unpaired) electrons. The van der Waals surface area contributed by atoms with Gasteiger partial charge in [0.25, 0.3) is 5.56 Å². The molecule has 0 aliphatic rings. The van der Waals surface area contributed by atoms with E-state index < -0.39 is 11.9 Å². The number of carbonyl (C=O) groups is 2. The summed E-state index contributed by atoms with van der Waals surface area (Å²) >= 11 is 1.10. The molecule has 3 rings (SSSR count). The molecule has 1 aromatic heterocycles. The molecule has 3 amide bonds. The Balaban J connectivity index is 2.03. The van der Waals surface area contributed by atoms with E-state index in [-0.39, 0.29) is 11.3 Å². The molecule has 0 saturated heterocycles. The Morgan fingerprint density at radius 2 is 1.81 bits per heavy atom. The molecule has 138 valence electrons. The van der Waals surface area contributed by atoms with Gasteiger partial charge in [0.15, 0.2) is 5.16 Å². The smallest absolute Gasteiger partial charge is 0.321 e. The highest BCUT2D eigenvalue weighted by molar-refractivity contribution is 7.99. The lowest BCUT2D eigenvalue weighted by atomic mass is 10.2. The average Bonchev–Trinajstić information content (AvgIpc) is 2.67. The third-order valence-electron chi connectivity index (χ3n) is 3.85. The third-order valence-corrected chi connectivity index (χ3v) is 4.79. The summed E-state index contributed by atoms with van der Waals surface area (Å²) in [5, 5.41) is 5.39. The Hall–Kier alpha value is -3.13. The van der Waals surface area contributed by atoms with Crippen LogP contribution < -0.4 is 16.2 Å². The van der Waals surface area contributed by atoms with Crippen LogP contribution in [-0.2, 0) is 4.79 Å². The van der Waals surface area contributed by atoms with Crippen molar-refractivity contribution in [3.8, 4) is 5.69 Å². The summed E-state index contributed by atoms with van der Waals surface area (Å²) in [6.07, 6.45) is 0. The normalized spacial score (nSPS) is 10.6. The molecule has 7 nitrogen and oxygen atoms in total. The molecule has 27 heavy (non-hydrogen) atoms. The summed E-state index contributed by atoms with van der Waals surface area (Å²) in [7, 11) is 1.43. The Labute approximate surface area is 159 Å². The first-order valence-corrected chi connectivity index (χ1v) is 9.21. The zero-order valence-electron chi connectivity index (χ0n) is 14.9. The number of fused-ring (bicyclic) bond motifs is 1. The Bertz CT molecular complexity index is 1060. The maximum Gasteiger partial charge on any atom is 0.321 e. The van der Waals surface area contributed by atoms with Gasteiger partial charge >= 0.3 is 6.03 Å². The van der Waals surface area contributed by atoms with Gasteiger partial charge in [0.2, 0.25) is 5.91 Å². The van der Waals surface area contributed by atoms with Crippen LogP contribution in [0.3, 0.4) is 0 Å². The van der Waals surface area contributed by atoms with Gasteiger partial charge in [0.05, 0.1) is 22.3 Å². The first-order valence-electron chi connectivity index (χ1n) is 8.23. The molecular weight excluding hydrogens is 364 g/mol. The predicted molar refractivity (Wildman–Crippen MR) is 105 cm³/mol. The lowest BCUT2D eigenvalue weighted by Crippen LogP contribution is -2.38. The SMILES string of the molecule is CNC(=O)NC(=O)CSc1nc2ccccc2c(=O)n1-c1ccc(C)cc1. The van der Waals surface area contributed by atoms with E-state index in [9.17, 15) is 14.4 Å². The number of rotatable bonds is 4. The summed E-state index contributed by atoms with van der Waals surface area (Å²) in [4.78, 5) is 40.8. The molecule has 0 bridgehead atoms. The number of hydrogen-bond donors (Lipinski definition) is 2. The van der Waals surface area contributed by atoms with E-state index in [4.69, 9.17) is 0 Å². The van der Waals surface area contributed by atoms with E-state index in [1.54, 1.807) is 24.3 Å². The summed E-state index contributed by atoms with van der Waals surface area (Å²) in [6.45, 7) is 1.96. The van der Waals surface area contributed by atoms with Crippen molar-refractivity contribution in [1.82, 2.24) is 20.2 Å². The van der Waals surface area contributed by atoms with Gasteiger partial charge < -0.3 is 5.32 Å². The van der Waals surface area contributed by atoms with Gasteiger partial charge in [-0.25, -0.2) is 9.78 Å². The number of amides is 3. The molecule has 3 aromatic rings. The summed E-state index contributed by atoms with van der Waals surface area (Å²) in [5.41, 5.74) is 2.08. The van der Waals surface area contributed by atoms with Gasteiger partial charge in [-0.2, -0.15) is 0 Å². The van der Waals surface area contributed by atoms with Crippen molar-refractivity contribution in [2.24, 2.45) is 0 Å². The highest BCUT2D eigenvalue weighted by Gasteiger charge is 2.15. The first-order chi connectivity index (χ1) is 13.0. The number of aryl methyl sites for hydroxylation is 1. The van der Waals surface area contributed by atoms with Crippen molar-refractivity contribution in [3.05, 3.63) is 64.4 Å². The lowest BCUT2D eigenvalue weighted by Gasteiger charge is -2.13. The zero-order valence-corrected chi connectivity index (χ0v) is 15.7. The molecule has 8 heteroatoms. The van der Waals surface area contributed by atoms with Gasteiger partial charge in [-0.3, -0.25) is 19.5 Å². The van der Waals surface area contributed by atoms with E-state index in [0.717, 1.165) is 17.3 Å². The minimum absolute atomic E-state index is 0.0515. The number of nitrogens with one attached hydrogen (secondary N) is 2. The van der Waals surface area contributed by atoms with Crippen molar-refractivity contribution in [1.29, 1.82) is 0 Å². The van der Waals surface area contributed by atoms with E-state index in [2.05, 4.69) is 15.6 Å². The average molecular weight is 382 g/mol. The topological polar surface area (TPSA) is 93.1 Å². The quantitative estimate of drug-likeness (QED) is 0.533. The Morgan fingerprint density at radius 1 is 1.11 bits per heavy atom. The van der Waals surface area contributed by atoms with Crippen LogP contribution in [0, 0.1) is 6.92 Å². The summed E-state index contributed by atoms with van der Waals surface area (Å²) < 4.78 is 1.49. The highest BCUT2D eigenvalue weighted by atomic mass is 32.2. The Morgan fingerprint density at radius 3 is 2.52 bits per heavy atom. The van der Waals surface area contributed by atoms with Crippen molar-refractivity contribution in [2.45, 2.75) is 12.1 Å². The fourth-order valence-electron chi connectivity index (χ4n) is 2.49. The van der Waals surface area contributed by atoms with Crippen molar-refractivity contribution >= 4 is 34.6 Å². The minimum atomic E-state index is -0.581. The predicted octanol–water partition coefficient (Wildman–Crippen LogP) is 2.24. The monoisotopic (exact) mass is 382 g/mol. The second kappa shape index (κ2) is 8.05. The summed E-state index contributed by atoms with van der Waals surface area (Å²) in [6, 6.07) is 14.0. The third kappa shape index (κ3) is 4.17. The highest BCUT2D eigenvalue weighted by Crippen LogP contribution is 2.21. The van der Waals surface area contributed by atoms with E-state index in [1.807, 2.05) is 31.2 Å². The minimum Gasteiger partial charge on any atom is -0.341 e. The summed E-state index contributed by atoms with van der Waals surface area (Å²) in [5.74, 6) is -0.526. The standard InChI is InChI=1S/C19H18N4O3S/c1-12-7-9-13(10-8-12)23-17(25)14-5-3-4-6-15(14)21-19(23)27-11-16(24)22-18(26)20-2/h3-10H,11H2,1-2H3,(H2,20,22,24,26). The molecule has 0 atom stereocenters. The molecule has 0 unspecified atom stereocenters. The van der Waals surface area contributed by atoms with E-state index in [1.165, 1.54) is 11.6 Å². The van der Waals surface area contributed by atoms with Gasteiger partial charge in [-0.1, -0.05) is 41.6 Å². The van der Waals surface area contributed by atoms with Gasteiger partial charge in [-0.05, 0) is 31.2 Å². The lowest BCUT2D eigenvalue weighted by molar-refractivity contribution is -0.117. The number of urea groups is 1. The van der Waals surface area contributed by atoms with Gasteiger partial charge in [-0.15, -0.1) is 0 Å². The van der Waals surface area contributed by atoms with Crippen molar-refractivity contribution in [2.75, 3.05) is 12.8 Å². The fourth-order valence-corrected chi connectivity index (χ4v) is 3.30. The van der Waals surface area contributed by atoms with Crippen LogP contribution >= 0.6 is 11.8 Å². The molecule has 2 N–H and O–H groups in total. The maximum atomic E-state index is 13.0. The fraction of sp³-hybridized carbons (Fsp3) is 0.158. The van der Waals surface area contributed by atoms with E-state index >= 15 is 0 Å². The van der Waals surface area contributed by atoms with Crippen molar-refractivity contribution < 1.29 is 9.59 Å². The molecule has 0 spiro atoms. The molecule has 0 saturated carbocycles. The number of carbonyl (C=O) groups excluding carboxylic acids is 2. The van der Waals surface area contributed by atoms with Gasteiger partial charge in [0.1, 0.15) is 0 Å². The van der Waals surface area contributed by atoms with E-state index in [0.29, 0.717) is 21.7 Å². The van der Waals surface area contributed by atoms with Crippen LogP contribution in [0.1, 0.15) is 5.56 Å². The number of thioether (sulfide) groups is 1. The number of benzene rings is 2. The second-order valence-corrected chi connectivity index (χ2v) is 6.75. The molecule has 1 heterocycles. The van der Waals surface area contributed by atoms with Crippen LogP contribution in [0.25, 0.3) is 16.6 Å². The molecule has 0 fully saturated rings. The number of para-hydroxylation sites is 1. The van der Waals surface area contributed by atoms with Crippen LogP contribution in [0.5, 0.6) is 0 Å². The van der Waals surface area contributed by atoms with Crippen LogP contribution in [0.4, 0.5) is 4.79 Å². The zero-order chi connectivity index (χ0) is 19.4. The molecule has 0 aliphatic heterocycles. The van der Waals surface area contributed by atoms with Crippen LogP contribution in [-0.4, -0.2) is 34.3 Å². The Kier molecular flexibility index (Phi) is 5.56. The number of aromatic nitrogens is 2. The molecule has 2 aromatic carbocycles.